The van der Waals surface area contributed by atoms with Gasteiger partial charge in [0.05, 0.1) is 5.76 Å². The molecule has 3 fully saturated rings. The van der Waals surface area contributed by atoms with Crippen LogP contribution in [0.25, 0.3) is 0 Å². The van der Waals surface area contributed by atoms with Gasteiger partial charge < -0.3 is 14.8 Å². The highest BCUT2D eigenvalue weighted by molar-refractivity contribution is 5.72. The van der Waals surface area contributed by atoms with Gasteiger partial charge in [-0.25, -0.2) is 0 Å². The first-order chi connectivity index (χ1) is 17.0. The van der Waals surface area contributed by atoms with Gasteiger partial charge >= 0.3 is 5.97 Å². The lowest BCUT2D eigenvalue weighted by molar-refractivity contribution is -0.148. The monoisotopic (exact) mass is 497 g/mol. The molecule has 0 radical (unpaired) electrons. The fourth-order valence-electron chi connectivity index (χ4n) is 9.34. The van der Waals surface area contributed by atoms with E-state index >= 15 is 0 Å². The fourth-order valence-corrected chi connectivity index (χ4v) is 9.34. The third-order valence-electron chi connectivity index (χ3n) is 11.2. The van der Waals surface area contributed by atoms with Crippen LogP contribution in [-0.4, -0.2) is 30.6 Å². The van der Waals surface area contributed by atoms with E-state index in [2.05, 4.69) is 39.1 Å². The average molecular weight is 498 g/mol. The molecule has 5 nitrogen and oxygen atoms in total. The van der Waals surface area contributed by atoms with Crippen molar-refractivity contribution in [2.75, 3.05) is 6.54 Å². The highest BCUT2D eigenvalue weighted by atomic mass is 16.5. The third-order valence-corrected chi connectivity index (χ3v) is 11.2. The number of hydrogen-bond donors (Lipinski definition) is 1. The summed E-state index contributed by atoms with van der Waals surface area (Å²) < 4.78 is 12.3. The predicted molar refractivity (Wildman–Crippen MR) is 141 cm³/mol. The molecule has 1 amide bonds. The van der Waals surface area contributed by atoms with Crippen LogP contribution in [0.15, 0.2) is 23.0 Å². The van der Waals surface area contributed by atoms with Crippen LogP contribution in [0.1, 0.15) is 99.3 Å². The number of esters is 1. The molecular weight excluding hydrogens is 450 g/mol. The Kier molecular flexibility index (Phi) is 6.83. The summed E-state index contributed by atoms with van der Waals surface area (Å²) in [6.45, 7) is 13.5. The van der Waals surface area contributed by atoms with Crippen molar-refractivity contribution in [2.24, 2.45) is 40.4 Å². The summed E-state index contributed by atoms with van der Waals surface area (Å²) in [5.41, 5.74) is 3.66. The molecule has 1 N–H and O–H groups in total. The highest BCUT2D eigenvalue weighted by Gasteiger charge is 2.63. The second-order valence-electron chi connectivity index (χ2n) is 13.3. The Morgan fingerprint density at radius 2 is 1.97 bits per heavy atom. The van der Waals surface area contributed by atoms with Gasteiger partial charge in [0.15, 0.2) is 0 Å². The minimum Gasteiger partial charge on any atom is -0.494 e. The van der Waals surface area contributed by atoms with Gasteiger partial charge in [0.2, 0.25) is 5.91 Å². The Morgan fingerprint density at radius 3 is 2.69 bits per heavy atom. The van der Waals surface area contributed by atoms with Crippen molar-refractivity contribution in [3.05, 3.63) is 23.0 Å². The zero-order valence-electron chi connectivity index (χ0n) is 23.3. The molecule has 36 heavy (non-hydrogen) atoms. The Labute approximate surface area is 217 Å². The second kappa shape index (κ2) is 9.51. The quantitative estimate of drug-likeness (QED) is 0.344. The van der Waals surface area contributed by atoms with Crippen LogP contribution < -0.4 is 5.32 Å². The molecule has 9 atom stereocenters. The molecule has 1 heterocycles. The molecule has 5 heteroatoms. The van der Waals surface area contributed by atoms with Crippen LogP contribution in [-0.2, 0) is 19.1 Å². The lowest BCUT2D eigenvalue weighted by atomic mass is 9.47. The van der Waals surface area contributed by atoms with Gasteiger partial charge in [-0.15, -0.1) is 0 Å². The van der Waals surface area contributed by atoms with Gasteiger partial charge in [0.25, 0.3) is 0 Å². The summed E-state index contributed by atoms with van der Waals surface area (Å²) in [7, 11) is 0. The number of ether oxygens (including phenoxy) is 2. The summed E-state index contributed by atoms with van der Waals surface area (Å²) in [5.74, 6) is 4.37. The minimum atomic E-state index is -0.145. The van der Waals surface area contributed by atoms with E-state index in [1.807, 2.05) is 0 Å². The molecule has 0 aromatic carbocycles. The first-order valence-corrected chi connectivity index (χ1v) is 14.5. The van der Waals surface area contributed by atoms with Crippen molar-refractivity contribution in [3.63, 3.8) is 0 Å². The first-order valence-electron chi connectivity index (χ1n) is 14.5. The van der Waals surface area contributed by atoms with Gasteiger partial charge in [0.1, 0.15) is 12.2 Å². The van der Waals surface area contributed by atoms with Crippen LogP contribution in [0, 0.1) is 40.4 Å². The number of carbonyl (C=O) groups excluding carboxylic acids is 2. The second-order valence-corrected chi connectivity index (χ2v) is 13.3. The van der Waals surface area contributed by atoms with Gasteiger partial charge in [-0.2, -0.15) is 0 Å². The maximum absolute atomic E-state index is 11.5. The standard InChI is InChI=1S/C31H47NO4/c1-18(17-32-20(3)33)7-10-27-19(2)29-28(36-27)16-26-24-9-8-22-15-23(35-21(4)34)11-13-30(22,5)25(24)12-14-31(26,29)6/h8,18,23-26,28-29H,7,9-17H2,1-6H3,(H,32,33)/t18-,23-,24-,25+,26+,28+,29+,30+,31+/m1/s1. The van der Waals surface area contributed by atoms with E-state index in [-0.39, 0.29) is 23.4 Å². The van der Waals surface area contributed by atoms with E-state index in [4.69, 9.17) is 9.47 Å². The Hall–Kier alpha value is -1.78. The lowest BCUT2D eigenvalue weighted by Gasteiger charge is -2.58. The van der Waals surface area contributed by atoms with E-state index in [1.54, 1.807) is 12.5 Å². The molecular formula is C31H47NO4. The minimum absolute atomic E-state index is 0.0504. The summed E-state index contributed by atoms with van der Waals surface area (Å²) in [6, 6.07) is 0. The molecule has 0 bridgehead atoms. The van der Waals surface area contributed by atoms with Crippen molar-refractivity contribution in [1.29, 1.82) is 0 Å². The predicted octanol–water partition coefficient (Wildman–Crippen LogP) is 6.33. The Bertz CT molecular complexity index is 968. The van der Waals surface area contributed by atoms with Gasteiger partial charge in [-0.3, -0.25) is 9.59 Å². The van der Waals surface area contributed by atoms with Crippen LogP contribution in [0.3, 0.4) is 0 Å². The van der Waals surface area contributed by atoms with E-state index in [9.17, 15) is 9.59 Å². The Balaban J connectivity index is 1.29. The van der Waals surface area contributed by atoms with Crippen LogP contribution in [0.4, 0.5) is 0 Å². The summed E-state index contributed by atoms with van der Waals surface area (Å²) in [4.78, 5) is 22.8. The maximum Gasteiger partial charge on any atom is 0.302 e. The number of fused-ring (bicyclic) bond motifs is 7. The number of amides is 1. The largest absolute Gasteiger partial charge is 0.494 e. The van der Waals surface area contributed by atoms with Crippen LogP contribution >= 0.6 is 0 Å². The number of carbonyl (C=O) groups is 2. The molecule has 0 spiro atoms. The van der Waals surface area contributed by atoms with Crippen molar-refractivity contribution >= 4 is 11.9 Å². The molecule has 5 rings (SSSR count). The molecule has 5 aliphatic rings. The smallest absolute Gasteiger partial charge is 0.302 e. The van der Waals surface area contributed by atoms with Crippen molar-refractivity contribution < 1.29 is 19.1 Å². The molecule has 3 saturated carbocycles. The first kappa shape index (κ1) is 25.9. The summed E-state index contributed by atoms with van der Waals surface area (Å²) in [5, 5.41) is 2.95. The third kappa shape index (κ3) is 4.32. The van der Waals surface area contributed by atoms with E-state index < -0.39 is 0 Å². The van der Waals surface area contributed by atoms with Gasteiger partial charge in [0, 0.05) is 39.2 Å². The summed E-state index contributed by atoms with van der Waals surface area (Å²) >= 11 is 0. The molecule has 0 aromatic rings. The highest BCUT2D eigenvalue weighted by Crippen LogP contribution is 2.69. The van der Waals surface area contributed by atoms with Crippen LogP contribution in [0.2, 0.25) is 0 Å². The van der Waals surface area contributed by atoms with Gasteiger partial charge in [-0.1, -0.05) is 32.4 Å². The topological polar surface area (TPSA) is 64.6 Å². The van der Waals surface area contributed by atoms with Crippen molar-refractivity contribution in [1.82, 2.24) is 5.32 Å². The van der Waals surface area contributed by atoms with Crippen LogP contribution in [0.5, 0.6) is 0 Å². The van der Waals surface area contributed by atoms with Crippen molar-refractivity contribution in [3.8, 4) is 0 Å². The lowest BCUT2D eigenvalue weighted by Crippen LogP contribution is -2.50. The maximum atomic E-state index is 11.5. The fraction of sp³-hybridized carbons (Fsp3) is 0.806. The SMILES string of the molecule is CC(=O)NC[C@H](C)CCC1=C(C)[C@H]2[C@H](C[C@H]3[C@@H]4CC=C5C[C@H](OC(C)=O)CC[C@]5(C)[C@H]4CC[C@@]32C)O1. The number of allylic oxidation sites excluding steroid dienone is 2. The molecule has 0 saturated heterocycles. The summed E-state index contributed by atoms with van der Waals surface area (Å²) in [6.07, 6.45) is 13.0. The average Bonchev–Trinajstić information content (AvgIpc) is 3.29. The number of rotatable bonds is 6. The molecule has 1 aliphatic heterocycles. The van der Waals surface area contributed by atoms with E-state index in [0.717, 1.165) is 56.4 Å². The number of hydrogen-bond acceptors (Lipinski definition) is 4. The van der Waals surface area contributed by atoms with Gasteiger partial charge in [-0.05, 0) is 91.9 Å². The van der Waals surface area contributed by atoms with Crippen molar-refractivity contribution in [2.45, 2.75) is 112 Å². The van der Waals surface area contributed by atoms with E-state index in [0.29, 0.717) is 23.4 Å². The molecule has 4 aliphatic carbocycles. The number of nitrogens with one attached hydrogen (secondary N) is 1. The molecule has 200 valence electrons. The zero-order valence-corrected chi connectivity index (χ0v) is 23.3. The Morgan fingerprint density at radius 1 is 1.19 bits per heavy atom. The normalized spacial score (nSPS) is 41.8. The van der Waals surface area contributed by atoms with E-state index in [1.165, 1.54) is 43.9 Å². The molecule has 0 aromatic heterocycles. The zero-order chi connectivity index (χ0) is 25.8. The molecule has 0 unspecified atom stereocenters.